The molecule has 7 heteroatoms. The molecule has 0 radical (unpaired) electrons. The van der Waals surface area contributed by atoms with Gasteiger partial charge in [0.1, 0.15) is 5.82 Å². The minimum absolute atomic E-state index is 0.0741. The number of hydrogen-bond donors (Lipinski definition) is 1. The monoisotopic (exact) mass is 300 g/mol. The van der Waals surface area contributed by atoms with Gasteiger partial charge in [0.15, 0.2) is 5.79 Å². The lowest BCUT2D eigenvalue weighted by Gasteiger charge is -2.22. The molecule has 2 fully saturated rings. The van der Waals surface area contributed by atoms with Gasteiger partial charge in [-0.3, -0.25) is 4.79 Å². The number of nitrogen functional groups attached to an aromatic ring is 1. The molecule has 2 N–H and O–H groups in total. The molecule has 0 unspecified atom stereocenters. The topological polar surface area (TPSA) is 64.8 Å². The number of likely N-dealkylation sites (tertiary alicyclic amines) is 1. The zero-order chi connectivity index (χ0) is 14.3. The van der Waals surface area contributed by atoms with Crippen LogP contribution in [0.15, 0.2) is 12.1 Å². The minimum Gasteiger partial charge on any atom is -0.396 e. The van der Waals surface area contributed by atoms with Crippen molar-refractivity contribution in [3.8, 4) is 0 Å². The fourth-order valence-corrected chi connectivity index (χ4v) is 2.80. The quantitative estimate of drug-likeness (QED) is 0.801. The van der Waals surface area contributed by atoms with Crippen LogP contribution >= 0.6 is 11.6 Å². The van der Waals surface area contributed by atoms with E-state index < -0.39 is 11.6 Å². The lowest BCUT2D eigenvalue weighted by molar-refractivity contribution is -0.143. The van der Waals surface area contributed by atoms with Crippen molar-refractivity contribution in [3.05, 3.63) is 28.5 Å². The molecule has 3 rings (SSSR count). The summed E-state index contributed by atoms with van der Waals surface area (Å²) in [4.78, 5) is 14.0. The Morgan fingerprint density at radius 2 is 2.10 bits per heavy atom. The summed E-state index contributed by atoms with van der Waals surface area (Å²) < 4.78 is 24.6. The molecule has 2 saturated heterocycles. The Kier molecular flexibility index (Phi) is 3.32. The number of anilines is 1. The van der Waals surface area contributed by atoms with E-state index in [1.54, 1.807) is 4.90 Å². The fraction of sp³-hybridized carbons (Fsp3) is 0.462. The molecular weight excluding hydrogens is 287 g/mol. The minimum atomic E-state index is -0.707. The number of hydrogen-bond acceptors (Lipinski definition) is 4. The van der Waals surface area contributed by atoms with Crippen LogP contribution in [0.2, 0.25) is 5.02 Å². The van der Waals surface area contributed by atoms with E-state index in [0.29, 0.717) is 32.7 Å². The van der Waals surface area contributed by atoms with Crippen LogP contribution in [0.4, 0.5) is 10.1 Å². The number of ether oxygens (including phenoxy) is 2. The van der Waals surface area contributed by atoms with Crippen LogP contribution in [0.3, 0.4) is 0 Å². The summed E-state index contributed by atoms with van der Waals surface area (Å²) in [6.07, 6.45) is 0.599. The molecule has 1 aromatic carbocycles. The first-order valence-corrected chi connectivity index (χ1v) is 6.70. The number of benzene rings is 1. The fourth-order valence-electron chi connectivity index (χ4n) is 2.59. The summed E-state index contributed by atoms with van der Waals surface area (Å²) in [5.74, 6) is -1.76. The van der Waals surface area contributed by atoms with Gasteiger partial charge in [0.25, 0.3) is 5.91 Å². The first-order chi connectivity index (χ1) is 9.51. The Morgan fingerprint density at radius 3 is 2.80 bits per heavy atom. The zero-order valence-corrected chi connectivity index (χ0v) is 11.5. The second-order valence-corrected chi connectivity index (χ2v) is 5.37. The maximum atomic E-state index is 13.6. The summed E-state index contributed by atoms with van der Waals surface area (Å²) in [5, 5.41) is 0.141. The molecule has 1 aromatic rings. The third-order valence-corrected chi connectivity index (χ3v) is 3.84. The van der Waals surface area contributed by atoms with Gasteiger partial charge in [-0.1, -0.05) is 11.6 Å². The molecule has 0 bridgehead atoms. The number of halogens is 2. The highest BCUT2D eigenvalue weighted by atomic mass is 35.5. The molecule has 2 aliphatic rings. The summed E-state index contributed by atoms with van der Waals surface area (Å²) in [5.41, 5.74) is 5.51. The number of nitrogens with zero attached hydrogens (tertiary/aromatic N) is 1. The SMILES string of the molecule is Nc1c(F)cc(Cl)cc1C(=O)N1CCC2(C1)OCCO2. The van der Waals surface area contributed by atoms with Crippen molar-refractivity contribution in [1.29, 1.82) is 0 Å². The van der Waals surface area contributed by atoms with Gasteiger partial charge in [-0.15, -0.1) is 0 Å². The normalized spacial score (nSPS) is 20.8. The Morgan fingerprint density at radius 1 is 1.40 bits per heavy atom. The van der Waals surface area contributed by atoms with Crippen molar-refractivity contribution in [2.45, 2.75) is 12.2 Å². The van der Waals surface area contributed by atoms with Crippen molar-refractivity contribution in [1.82, 2.24) is 4.90 Å². The molecule has 0 saturated carbocycles. The number of rotatable bonds is 1. The number of carbonyl (C=O) groups excluding carboxylic acids is 1. The second-order valence-electron chi connectivity index (χ2n) is 4.93. The molecule has 1 spiro atoms. The van der Waals surface area contributed by atoms with E-state index in [2.05, 4.69) is 0 Å². The maximum Gasteiger partial charge on any atom is 0.256 e. The first kappa shape index (κ1) is 13.6. The van der Waals surface area contributed by atoms with Crippen LogP contribution < -0.4 is 5.73 Å². The standard InChI is InChI=1S/C13H14ClFN2O3/c14-8-5-9(11(16)10(15)6-8)12(18)17-2-1-13(7-17)19-3-4-20-13/h5-6H,1-4,7,16H2. The van der Waals surface area contributed by atoms with Gasteiger partial charge in [0, 0.05) is 18.0 Å². The van der Waals surface area contributed by atoms with Crippen LogP contribution in [0.25, 0.3) is 0 Å². The van der Waals surface area contributed by atoms with Gasteiger partial charge in [0.2, 0.25) is 0 Å². The highest BCUT2D eigenvalue weighted by Crippen LogP contribution is 2.32. The lowest BCUT2D eigenvalue weighted by Crippen LogP contribution is -2.37. The van der Waals surface area contributed by atoms with Crippen molar-refractivity contribution < 1.29 is 18.7 Å². The Bertz CT molecular complexity index is 561. The highest BCUT2D eigenvalue weighted by Gasteiger charge is 2.45. The van der Waals surface area contributed by atoms with E-state index >= 15 is 0 Å². The maximum absolute atomic E-state index is 13.6. The molecule has 0 aliphatic carbocycles. The molecule has 0 atom stereocenters. The van der Waals surface area contributed by atoms with E-state index in [9.17, 15) is 9.18 Å². The van der Waals surface area contributed by atoms with Crippen LogP contribution in [-0.4, -0.2) is 42.9 Å². The number of carbonyl (C=O) groups is 1. The third-order valence-electron chi connectivity index (χ3n) is 3.62. The molecule has 1 amide bonds. The Balaban J connectivity index is 1.83. The number of nitrogens with two attached hydrogens (primary N) is 1. The Labute approximate surface area is 120 Å². The summed E-state index contributed by atoms with van der Waals surface area (Å²) in [6.45, 7) is 1.84. The van der Waals surface area contributed by atoms with Crippen LogP contribution in [-0.2, 0) is 9.47 Å². The molecule has 0 aromatic heterocycles. The van der Waals surface area contributed by atoms with E-state index in [4.69, 9.17) is 26.8 Å². The molecule has 5 nitrogen and oxygen atoms in total. The summed E-state index contributed by atoms with van der Waals surface area (Å²) >= 11 is 5.78. The van der Waals surface area contributed by atoms with Crippen LogP contribution in [0.1, 0.15) is 16.8 Å². The smallest absolute Gasteiger partial charge is 0.256 e. The zero-order valence-electron chi connectivity index (χ0n) is 10.7. The van der Waals surface area contributed by atoms with Gasteiger partial charge in [-0.25, -0.2) is 4.39 Å². The number of amides is 1. The van der Waals surface area contributed by atoms with Gasteiger partial charge < -0.3 is 20.1 Å². The van der Waals surface area contributed by atoms with E-state index in [1.165, 1.54) is 6.07 Å². The van der Waals surface area contributed by atoms with E-state index in [1.807, 2.05) is 0 Å². The van der Waals surface area contributed by atoms with Gasteiger partial charge in [-0.2, -0.15) is 0 Å². The van der Waals surface area contributed by atoms with Crippen LogP contribution in [0.5, 0.6) is 0 Å². The van der Waals surface area contributed by atoms with Gasteiger partial charge in [-0.05, 0) is 12.1 Å². The summed E-state index contributed by atoms with van der Waals surface area (Å²) in [6, 6.07) is 2.46. The highest BCUT2D eigenvalue weighted by molar-refractivity contribution is 6.31. The third kappa shape index (κ3) is 2.24. The molecule has 20 heavy (non-hydrogen) atoms. The molecule has 2 aliphatic heterocycles. The van der Waals surface area contributed by atoms with Crippen molar-refractivity contribution in [2.75, 3.05) is 32.0 Å². The van der Waals surface area contributed by atoms with Gasteiger partial charge >= 0.3 is 0 Å². The van der Waals surface area contributed by atoms with Crippen molar-refractivity contribution >= 4 is 23.2 Å². The van der Waals surface area contributed by atoms with Gasteiger partial charge in [0.05, 0.1) is 31.0 Å². The van der Waals surface area contributed by atoms with Crippen molar-refractivity contribution in [3.63, 3.8) is 0 Å². The molecular formula is C13H14ClFN2O3. The molecule has 2 heterocycles. The lowest BCUT2D eigenvalue weighted by atomic mass is 10.1. The largest absolute Gasteiger partial charge is 0.396 e. The summed E-state index contributed by atoms with van der Waals surface area (Å²) in [7, 11) is 0. The molecule has 108 valence electrons. The second kappa shape index (κ2) is 4.87. The average molecular weight is 301 g/mol. The first-order valence-electron chi connectivity index (χ1n) is 6.32. The predicted molar refractivity (Wildman–Crippen MR) is 71.0 cm³/mol. The van der Waals surface area contributed by atoms with E-state index in [-0.39, 0.29) is 22.2 Å². The van der Waals surface area contributed by atoms with E-state index in [0.717, 1.165) is 6.07 Å². The van der Waals surface area contributed by atoms with Crippen molar-refractivity contribution in [2.24, 2.45) is 0 Å². The predicted octanol–water partition coefficient (Wildman–Crippen LogP) is 1.65. The van der Waals surface area contributed by atoms with Crippen LogP contribution in [0, 0.1) is 5.82 Å². The Hall–Kier alpha value is -1.37. The average Bonchev–Trinajstić information content (AvgIpc) is 3.04.